The molecule has 4 aromatic rings. The maximum absolute atomic E-state index is 13.2. The van der Waals surface area contributed by atoms with Crippen molar-refractivity contribution in [3.63, 3.8) is 0 Å². The number of anilines is 1. The Labute approximate surface area is 175 Å². The normalized spacial score (nSPS) is 19.2. The second-order valence-corrected chi connectivity index (χ2v) is 7.50. The summed E-state index contributed by atoms with van der Waals surface area (Å²) in [5.41, 5.74) is 3.42. The summed E-state index contributed by atoms with van der Waals surface area (Å²) in [6.45, 7) is 0.122. The number of nitrogens with one attached hydrogen (secondary N) is 2. The molecule has 1 aliphatic rings. The van der Waals surface area contributed by atoms with E-state index in [9.17, 15) is 13.2 Å². The maximum Gasteiger partial charge on any atom is 0.395 e. The van der Waals surface area contributed by atoms with Crippen molar-refractivity contribution in [3.05, 3.63) is 48.9 Å². The zero-order chi connectivity index (χ0) is 21.6. The van der Waals surface area contributed by atoms with Gasteiger partial charge in [0.05, 0.1) is 35.7 Å². The van der Waals surface area contributed by atoms with Crippen LogP contribution in [0.2, 0.25) is 0 Å². The third-order valence-electron chi connectivity index (χ3n) is 5.34. The Kier molecular flexibility index (Phi) is 4.62. The number of halogens is 3. The third kappa shape index (κ3) is 3.72. The molecule has 4 aromatic heterocycles. The first kappa shape index (κ1) is 19.5. The number of rotatable bonds is 4. The number of imidazole rings is 1. The molecule has 0 unspecified atom stereocenters. The minimum Gasteiger partial charge on any atom is -0.365 e. The average molecular weight is 428 g/mol. The van der Waals surface area contributed by atoms with Gasteiger partial charge in [-0.2, -0.15) is 23.4 Å². The summed E-state index contributed by atoms with van der Waals surface area (Å²) in [5.74, 6) is -1.09. The summed E-state index contributed by atoms with van der Waals surface area (Å²) >= 11 is 0. The summed E-state index contributed by atoms with van der Waals surface area (Å²) in [4.78, 5) is 8.90. The molecule has 1 fully saturated rings. The van der Waals surface area contributed by atoms with Crippen molar-refractivity contribution in [2.24, 2.45) is 13.0 Å². The molecule has 5 rings (SSSR count). The Morgan fingerprint density at radius 2 is 1.97 bits per heavy atom. The van der Waals surface area contributed by atoms with Crippen molar-refractivity contribution in [1.82, 2.24) is 34.7 Å². The van der Waals surface area contributed by atoms with E-state index in [1.54, 1.807) is 39.8 Å². The zero-order valence-corrected chi connectivity index (χ0v) is 16.5. The number of fused-ring (bicyclic) bond motifs is 1. The Balaban J connectivity index is 1.47. The van der Waals surface area contributed by atoms with Crippen LogP contribution in [-0.2, 0) is 7.05 Å². The van der Waals surface area contributed by atoms with Crippen molar-refractivity contribution < 1.29 is 13.2 Å². The number of hydrogen-bond donors (Lipinski definition) is 2. The highest BCUT2D eigenvalue weighted by Gasteiger charge is 2.47. The van der Waals surface area contributed by atoms with E-state index in [1.165, 1.54) is 0 Å². The Morgan fingerprint density at radius 1 is 1.10 bits per heavy atom. The van der Waals surface area contributed by atoms with E-state index in [4.69, 9.17) is 0 Å². The fraction of sp³-hybridized carbons (Fsp3) is 0.300. The van der Waals surface area contributed by atoms with Gasteiger partial charge >= 0.3 is 6.18 Å². The molecule has 2 N–H and O–H groups in total. The Hall–Kier alpha value is -3.47. The zero-order valence-electron chi connectivity index (χ0n) is 16.5. The predicted molar refractivity (Wildman–Crippen MR) is 108 cm³/mol. The highest BCUT2D eigenvalue weighted by atomic mass is 19.4. The van der Waals surface area contributed by atoms with Gasteiger partial charge in [0.2, 0.25) is 0 Å². The fourth-order valence-corrected chi connectivity index (χ4v) is 3.78. The second kappa shape index (κ2) is 7.34. The SMILES string of the molecule is Cn1cc(-c2ccc3ncc(-c4cccc(N[C@H]5CNC[C@@H]5C(F)(F)F)n4)n3n2)cn1. The van der Waals surface area contributed by atoms with Gasteiger partial charge in [-0.1, -0.05) is 6.07 Å². The number of alkyl halides is 3. The molecule has 0 saturated carbocycles. The van der Waals surface area contributed by atoms with Gasteiger partial charge in [0, 0.05) is 31.9 Å². The van der Waals surface area contributed by atoms with Crippen LogP contribution in [0.5, 0.6) is 0 Å². The molecular weight excluding hydrogens is 409 g/mol. The highest BCUT2D eigenvalue weighted by molar-refractivity contribution is 5.64. The van der Waals surface area contributed by atoms with Crippen molar-refractivity contribution in [2.75, 3.05) is 18.4 Å². The van der Waals surface area contributed by atoms with Crippen LogP contribution in [0, 0.1) is 5.92 Å². The molecule has 5 heterocycles. The smallest absolute Gasteiger partial charge is 0.365 e. The van der Waals surface area contributed by atoms with Gasteiger partial charge in [0.15, 0.2) is 5.65 Å². The van der Waals surface area contributed by atoms with Gasteiger partial charge in [-0.25, -0.2) is 14.5 Å². The van der Waals surface area contributed by atoms with Gasteiger partial charge < -0.3 is 10.6 Å². The molecule has 0 spiro atoms. The maximum atomic E-state index is 13.2. The number of aromatic nitrogens is 6. The number of pyridine rings is 1. The molecule has 0 radical (unpaired) electrons. The molecule has 160 valence electrons. The van der Waals surface area contributed by atoms with Gasteiger partial charge in [-0.3, -0.25) is 4.68 Å². The van der Waals surface area contributed by atoms with E-state index >= 15 is 0 Å². The monoisotopic (exact) mass is 428 g/mol. The Bertz CT molecular complexity index is 1230. The number of hydrogen-bond acceptors (Lipinski definition) is 6. The molecule has 8 nitrogen and oxygen atoms in total. The molecule has 0 amide bonds. The number of aryl methyl sites for hydroxylation is 1. The highest BCUT2D eigenvalue weighted by Crippen LogP contribution is 2.32. The van der Waals surface area contributed by atoms with Crippen LogP contribution in [0.3, 0.4) is 0 Å². The van der Waals surface area contributed by atoms with Crippen LogP contribution < -0.4 is 10.6 Å². The first-order valence-corrected chi connectivity index (χ1v) is 9.74. The van der Waals surface area contributed by atoms with E-state index in [0.29, 0.717) is 22.9 Å². The third-order valence-corrected chi connectivity index (χ3v) is 5.34. The molecule has 1 saturated heterocycles. The topological polar surface area (TPSA) is 85.0 Å². The molecule has 2 atom stereocenters. The first-order chi connectivity index (χ1) is 14.9. The van der Waals surface area contributed by atoms with Gasteiger partial charge in [0.1, 0.15) is 11.5 Å². The van der Waals surface area contributed by atoms with Crippen molar-refractivity contribution in [2.45, 2.75) is 12.2 Å². The number of nitrogens with zero attached hydrogens (tertiary/aromatic N) is 6. The van der Waals surface area contributed by atoms with Crippen molar-refractivity contribution in [3.8, 4) is 22.6 Å². The van der Waals surface area contributed by atoms with Crippen LogP contribution in [-0.4, -0.2) is 54.7 Å². The van der Waals surface area contributed by atoms with E-state index in [2.05, 4.69) is 30.8 Å². The fourth-order valence-electron chi connectivity index (χ4n) is 3.78. The van der Waals surface area contributed by atoms with Gasteiger partial charge in [-0.05, 0) is 24.3 Å². The summed E-state index contributed by atoms with van der Waals surface area (Å²) in [7, 11) is 1.83. The minimum absolute atomic E-state index is 0.102. The van der Waals surface area contributed by atoms with Crippen molar-refractivity contribution >= 4 is 11.5 Å². The molecule has 1 aliphatic heterocycles. The molecule has 11 heteroatoms. The molecule has 0 aliphatic carbocycles. The summed E-state index contributed by atoms with van der Waals surface area (Å²) in [6, 6.07) is 8.12. The largest absolute Gasteiger partial charge is 0.395 e. The molecule has 0 aromatic carbocycles. The lowest BCUT2D eigenvalue weighted by molar-refractivity contribution is -0.170. The average Bonchev–Trinajstić information content (AvgIpc) is 3.46. The van der Waals surface area contributed by atoms with Crippen LogP contribution >= 0.6 is 0 Å². The predicted octanol–water partition coefficient (Wildman–Crippen LogP) is 2.75. The van der Waals surface area contributed by atoms with E-state index < -0.39 is 18.1 Å². The Morgan fingerprint density at radius 3 is 2.74 bits per heavy atom. The molecule has 0 bridgehead atoms. The van der Waals surface area contributed by atoms with Gasteiger partial charge in [-0.15, -0.1) is 0 Å². The van der Waals surface area contributed by atoms with Crippen molar-refractivity contribution in [1.29, 1.82) is 0 Å². The minimum atomic E-state index is -4.27. The van der Waals surface area contributed by atoms with Crippen LogP contribution in [0.15, 0.2) is 48.9 Å². The summed E-state index contributed by atoms with van der Waals surface area (Å²) < 4.78 is 43.1. The quantitative estimate of drug-likeness (QED) is 0.520. The first-order valence-electron chi connectivity index (χ1n) is 9.74. The summed E-state index contributed by atoms with van der Waals surface area (Å²) in [5, 5.41) is 14.6. The van der Waals surface area contributed by atoms with E-state index in [0.717, 1.165) is 11.3 Å². The van der Waals surface area contributed by atoms with E-state index in [-0.39, 0.29) is 13.1 Å². The van der Waals surface area contributed by atoms with Gasteiger partial charge in [0.25, 0.3) is 0 Å². The lowest BCUT2D eigenvalue weighted by Gasteiger charge is -2.22. The summed E-state index contributed by atoms with van der Waals surface area (Å²) in [6.07, 6.45) is 0.963. The van der Waals surface area contributed by atoms with Crippen LogP contribution in [0.4, 0.5) is 19.0 Å². The van der Waals surface area contributed by atoms with Crippen LogP contribution in [0.25, 0.3) is 28.3 Å². The molecular formula is C20H19F3N8. The van der Waals surface area contributed by atoms with Crippen LogP contribution in [0.1, 0.15) is 0 Å². The second-order valence-electron chi connectivity index (χ2n) is 7.50. The lowest BCUT2D eigenvalue weighted by Crippen LogP contribution is -2.38. The molecule has 31 heavy (non-hydrogen) atoms. The lowest BCUT2D eigenvalue weighted by atomic mass is 10.0. The standard InChI is InChI=1S/C20H19F3N8/c1-30-11-12(7-26-30)14-5-6-19-25-10-17(31(19)29-14)15-3-2-4-18(27-15)28-16-9-24-8-13(16)20(21,22)23/h2-7,10-11,13,16,24H,8-9H2,1H3,(H,27,28)/t13-,16-/m0/s1. The van der Waals surface area contributed by atoms with E-state index in [1.807, 2.05) is 25.4 Å².